The summed E-state index contributed by atoms with van der Waals surface area (Å²) in [7, 11) is 0. The summed E-state index contributed by atoms with van der Waals surface area (Å²) in [6.07, 6.45) is -3.19. The van der Waals surface area contributed by atoms with Crippen molar-refractivity contribution >= 4 is 11.8 Å². The second-order valence-corrected chi connectivity index (χ2v) is 3.55. The molecule has 0 spiro atoms. The summed E-state index contributed by atoms with van der Waals surface area (Å²) < 4.78 is 0. The van der Waals surface area contributed by atoms with Crippen LogP contribution in [0.15, 0.2) is 11.6 Å². The van der Waals surface area contributed by atoms with E-state index >= 15 is 0 Å². The van der Waals surface area contributed by atoms with Crippen LogP contribution in [0.2, 0.25) is 0 Å². The van der Waals surface area contributed by atoms with Crippen molar-refractivity contribution < 1.29 is 30.0 Å². The van der Waals surface area contributed by atoms with Crippen LogP contribution in [0, 0.1) is 0 Å². The van der Waals surface area contributed by atoms with Crippen LogP contribution in [0.25, 0.3) is 0 Å². The van der Waals surface area contributed by atoms with Gasteiger partial charge < -0.3 is 25.7 Å². The van der Waals surface area contributed by atoms with Crippen molar-refractivity contribution in [2.24, 2.45) is 0 Å². The van der Waals surface area contributed by atoms with Crippen molar-refractivity contribution in [2.75, 3.05) is 6.61 Å². The standard InChI is InChI=1S/C8H10N2O6/c11-1-2-3(12)4(13)5(14)6-9-7(15)8(16)10(2)6/h2-4,11-14H,1H2,(H,9,15). The molecular weight excluding hydrogens is 220 g/mol. The number of hydrogen-bond acceptors (Lipinski definition) is 6. The van der Waals surface area contributed by atoms with E-state index in [9.17, 15) is 24.9 Å². The zero-order chi connectivity index (χ0) is 12.0. The first-order chi connectivity index (χ1) is 7.49. The molecule has 2 aliphatic rings. The highest BCUT2D eigenvalue weighted by atomic mass is 16.4. The van der Waals surface area contributed by atoms with Crippen LogP contribution in [-0.2, 0) is 9.59 Å². The number of rotatable bonds is 1. The first-order valence-electron chi connectivity index (χ1n) is 4.53. The van der Waals surface area contributed by atoms with Gasteiger partial charge in [-0.1, -0.05) is 0 Å². The van der Waals surface area contributed by atoms with E-state index in [0.29, 0.717) is 0 Å². The molecule has 0 aromatic rings. The number of aliphatic hydroxyl groups is 4. The van der Waals surface area contributed by atoms with Crippen LogP contribution < -0.4 is 5.32 Å². The Hall–Kier alpha value is -1.64. The van der Waals surface area contributed by atoms with E-state index in [-0.39, 0.29) is 5.82 Å². The van der Waals surface area contributed by atoms with Gasteiger partial charge in [0.05, 0.1) is 12.6 Å². The second kappa shape index (κ2) is 3.44. The summed E-state index contributed by atoms with van der Waals surface area (Å²) in [5.74, 6) is -2.96. The average molecular weight is 230 g/mol. The highest BCUT2D eigenvalue weighted by Gasteiger charge is 2.49. The summed E-state index contributed by atoms with van der Waals surface area (Å²) in [4.78, 5) is 23.2. The molecule has 3 unspecified atom stereocenters. The molecule has 2 rings (SSSR count). The molecule has 5 N–H and O–H groups in total. The van der Waals surface area contributed by atoms with Crippen molar-refractivity contribution in [1.29, 1.82) is 0 Å². The number of carbonyl (C=O) groups is 2. The molecule has 2 amide bonds. The molecule has 3 atom stereocenters. The predicted octanol–water partition coefficient (Wildman–Crippen LogP) is -3.23. The van der Waals surface area contributed by atoms with Gasteiger partial charge in [-0.2, -0.15) is 0 Å². The number of hydrogen-bond donors (Lipinski definition) is 5. The van der Waals surface area contributed by atoms with E-state index in [0.717, 1.165) is 4.90 Å². The first-order valence-corrected chi connectivity index (χ1v) is 4.53. The van der Waals surface area contributed by atoms with E-state index in [1.54, 1.807) is 0 Å². The molecule has 1 saturated heterocycles. The summed E-state index contributed by atoms with van der Waals surface area (Å²) >= 11 is 0. The molecule has 16 heavy (non-hydrogen) atoms. The van der Waals surface area contributed by atoms with Crippen LogP contribution in [0.4, 0.5) is 0 Å². The Morgan fingerprint density at radius 2 is 1.94 bits per heavy atom. The van der Waals surface area contributed by atoms with Crippen molar-refractivity contribution in [3.05, 3.63) is 11.6 Å². The lowest BCUT2D eigenvalue weighted by Crippen LogP contribution is -2.56. The first kappa shape index (κ1) is 10.9. The lowest BCUT2D eigenvalue weighted by molar-refractivity contribution is -0.145. The molecule has 0 aromatic heterocycles. The Bertz CT molecular complexity index is 392. The molecule has 0 saturated carbocycles. The third kappa shape index (κ3) is 1.21. The number of nitrogens with one attached hydrogen (secondary N) is 1. The maximum Gasteiger partial charge on any atom is 0.318 e. The topological polar surface area (TPSA) is 130 Å². The number of nitrogens with zero attached hydrogens (tertiary/aromatic N) is 1. The number of amides is 2. The SMILES string of the molecule is O=C1NC2=C(O)C(O)C(O)C(CO)N2C1=O. The van der Waals surface area contributed by atoms with Gasteiger partial charge in [0.1, 0.15) is 12.2 Å². The Labute approximate surface area is 89.4 Å². The minimum atomic E-state index is -1.64. The highest BCUT2D eigenvalue weighted by Crippen LogP contribution is 2.28. The van der Waals surface area contributed by atoms with Gasteiger partial charge in [-0.3, -0.25) is 14.5 Å². The predicted molar refractivity (Wildman–Crippen MR) is 47.5 cm³/mol. The lowest BCUT2D eigenvalue weighted by atomic mass is 9.99. The molecule has 1 fully saturated rings. The highest BCUT2D eigenvalue weighted by molar-refractivity contribution is 6.38. The fourth-order valence-electron chi connectivity index (χ4n) is 1.79. The minimum Gasteiger partial charge on any atom is -0.506 e. The van der Waals surface area contributed by atoms with Crippen LogP contribution in [0.5, 0.6) is 0 Å². The Morgan fingerprint density at radius 3 is 2.50 bits per heavy atom. The van der Waals surface area contributed by atoms with Gasteiger partial charge in [0.15, 0.2) is 11.6 Å². The van der Waals surface area contributed by atoms with Crippen molar-refractivity contribution in [3.63, 3.8) is 0 Å². The largest absolute Gasteiger partial charge is 0.506 e. The van der Waals surface area contributed by atoms with Gasteiger partial charge in [-0.05, 0) is 0 Å². The fraction of sp³-hybridized carbons (Fsp3) is 0.500. The number of fused-ring (bicyclic) bond motifs is 1. The summed E-state index contributed by atoms with van der Waals surface area (Å²) in [5, 5.41) is 39.4. The van der Waals surface area contributed by atoms with E-state index in [2.05, 4.69) is 5.32 Å². The molecule has 0 aliphatic carbocycles. The third-order valence-corrected chi connectivity index (χ3v) is 2.65. The number of carbonyl (C=O) groups excluding carboxylic acids is 2. The van der Waals surface area contributed by atoms with Crippen LogP contribution in [0.3, 0.4) is 0 Å². The summed E-state index contributed by atoms with van der Waals surface area (Å²) in [6.45, 7) is -0.643. The van der Waals surface area contributed by atoms with Crippen LogP contribution in [0.1, 0.15) is 0 Å². The monoisotopic (exact) mass is 230 g/mol. The van der Waals surface area contributed by atoms with Crippen LogP contribution >= 0.6 is 0 Å². The zero-order valence-corrected chi connectivity index (χ0v) is 7.99. The number of aliphatic hydroxyl groups excluding tert-OH is 4. The van der Waals surface area contributed by atoms with E-state index in [1.165, 1.54) is 0 Å². The van der Waals surface area contributed by atoms with E-state index < -0.39 is 42.4 Å². The lowest BCUT2D eigenvalue weighted by Gasteiger charge is -2.36. The third-order valence-electron chi connectivity index (χ3n) is 2.65. The van der Waals surface area contributed by atoms with Crippen LogP contribution in [-0.4, -0.2) is 62.0 Å². The zero-order valence-electron chi connectivity index (χ0n) is 7.99. The average Bonchev–Trinajstić information content (AvgIpc) is 2.55. The molecule has 0 radical (unpaired) electrons. The van der Waals surface area contributed by atoms with Gasteiger partial charge in [0.25, 0.3) is 0 Å². The minimum absolute atomic E-state index is 0.285. The van der Waals surface area contributed by atoms with Crippen molar-refractivity contribution in [1.82, 2.24) is 10.2 Å². The van der Waals surface area contributed by atoms with Gasteiger partial charge >= 0.3 is 11.8 Å². The fourth-order valence-corrected chi connectivity index (χ4v) is 1.79. The Morgan fingerprint density at radius 1 is 1.31 bits per heavy atom. The molecule has 2 heterocycles. The molecule has 0 aromatic carbocycles. The Balaban J connectivity index is 2.50. The maximum absolute atomic E-state index is 11.4. The van der Waals surface area contributed by atoms with E-state index in [1.807, 2.05) is 0 Å². The van der Waals surface area contributed by atoms with Gasteiger partial charge in [-0.25, -0.2) is 0 Å². The maximum atomic E-state index is 11.4. The summed E-state index contributed by atoms with van der Waals surface area (Å²) in [5.41, 5.74) is 0. The molecular formula is C8H10N2O6. The molecule has 8 nitrogen and oxygen atoms in total. The molecule has 2 aliphatic heterocycles. The van der Waals surface area contributed by atoms with Gasteiger partial charge in [0, 0.05) is 0 Å². The molecule has 0 bridgehead atoms. The molecule has 88 valence electrons. The second-order valence-electron chi connectivity index (χ2n) is 3.55. The van der Waals surface area contributed by atoms with Gasteiger partial charge in [-0.15, -0.1) is 0 Å². The normalized spacial score (nSPS) is 34.2. The summed E-state index contributed by atoms with van der Waals surface area (Å²) in [6, 6.07) is -1.16. The smallest absolute Gasteiger partial charge is 0.318 e. The quantitative estimate of drug-likeness (QED) is 0.301. The van der Waals surface area contributed by atoms with E-state index in [4.69, 9.17) is 5.11 Å². The molecule has 8 heteroatoms. The van der Waals surface area contributed by atoms with Gasteiger partial charge in [0.2, 0.25) is 0 Å². The van der Waals surface area contributed by atoms with Crippen molar-refractivity contribution in [2.45, 2.75) is 18.2 Å². The Kier molecular flexibility index (Phi) is 2.34. The van der Waals surface area contributed by atoms with Crippen molar-refractivity contribution in [3.8, 4) is 0 Å².